The lowest BCUT2D eigenvalue weighted by atomic mass is 9.75. The van der Waals surface area contributed by atoms with E-state index >= 15 is 0 Å². The highest BCUT2D eigenvalue weighted by molar-refractivity contribution is 6.01. The van der Waals surface area contributed by atoms with Gasteiger partial charge in [-0.15, -0.1) is 0 Å². The van der Waals surface area contributed by atoms with Crippen LogP contribution in [0.15, 0.2) is 54.6 Å². The largest absolute Gasteiger partial charge is 0.465 e. The number of hydrogen-bond acceptors (Lipinski definition) is 6. The van der Waals surface area contributed by atoms with E-state index in [2.05, 4.69) is 10.1 Å². The summed E-state index contributed by atoms with van der Waals surface area (Å²) in [5, 5.41) is 2.63. The topological polar surface area (TPSA) is 98.8 Å². The lowest BCUT2D eigenvalue weighted by Crippen LogP contribution is -2.37. The maximum absolute atomic E-state index is 13.1. The molecule has 32 heavy (non-hydrogen) atoms. The highest BCUT2D eigenvalue weighted by Crippen LogP contribution is 2.53. The van der Waals surface area contributed by atoms with Crippen LogP contribution in [-0.2, 0) is 19.1 Å². The van der Waals surface area contributed by atoms with Crippen LogP contribution in [0.5, 0.6) is 0 Å². The highest BCUT2D eigenvalue weighted by atomic mass is 16.5. The Labute approximate surface area is 186 Å². The van der Waals surface area contributed by atoms with Crippen molar-refractivity contribution in [1.29, 1.82) is 0 Å². The number of fused-ring (bicyclic) bond motifs is 2. The number of benzene rings is 2. The molecule has 2 fully saturated rings. The molecule has 0 spiro atoms. The third-order valence-corrected chi connectivity index (χ3v) is 6.48. The van der Waals surface area contributed by atoms with Crippen molar-refractivity contribution in [2.75, 3.05) is 19.0 Å². The van der Waals surface area contributed by atoms with Crippen LogP contribution in [-0.4, -0.2) is 37.3 Å². The number of carbonyl (C=O) groups excluding carboxylic acids is 4. The van der Waals surface area contributed by atoms with Crippen LogP contribution in [0.3, 0.4) is 0 Å². The number of ether oxygens (including phenoxy) is 2. The monoisotopic (exact) mass is 435 g/mol. The molecule has 2 saturated carbocycles. The van der Waals surface area contributed by atoms with Gasteiger partial charge in [0, 0.05) is 17.2 Å². The molecular weight excluding hydrogens is 410 g/mol. The van der Waals surface area contributed by atoms with Gasteiger partial charge in [-0.25, -0.2) is 4.79 Å². The van der Waals surface area contributed by atoms with Crippen molar-refractivity contribution in [2.24, 2.45) is 23.7 Å². The molecule has 2 bridgehead atoms. The van der Waals surface area contributed by atoms with Gasteiger partial charge in [0.1, 0.15) is 0 Å². The molecule has 4 rings (SSSR count). The van der Waals surface area contributed by atoms with Crippen molar-refractivity contribution in [3.8, 4) is 0 Å². The molecule has 2 aliphatic rings. The Morgan fingerprint density at radius 3 is 2.19 bits per heavy atom. The van der Waals surface area contributed by atoms with Crippen LogP contribution in [0.25, 0.3) is 0 Å². The molecule has 0 aromatic heterocycles. The molecule has 2 aromatic carbocycles. The summed E-state index contributed by atoms with van der Waals surface area (Å²) in [6, 6.07) is 15.2. The van der Waals surface area contributed by atoms with Crippen LogP contribution >= 0.6 is 0 Å². The van der Waals surface area contributed by atoms with E-state index in [0.717, 1.165) is 19.3 Å². The van der Waals surface area contributed by atoms with E-state index in [9.17, 15) is 19.2 Å². The summed E-state index contributed by atoms with van der Waals surface area (Å²) >= 11 is 0. The highest BCUT2D eigenvalue weighted by Gasteiger charge is 2.54. The fraction of sp³-hybridized carbons (Fsp3) is 0.360. The van der Waals surface area contributed by atoms with Crippen LogP contribution in [0.4, 0.5) is 5.69 Å². The number of amides is 1. The molecule has 7 heteroatoms. The van der Waals surface area contributed by atoms with Crippen molar-refractivity contribution in [3.63, 3.8) is 0 Å². The number of nitrogens with one attached hydrogen (secondary N) is 1. The zero-order chi connectivity index (χ0) is 22.7. The van der Waals surface area contributed by atoms with Gasteiger partial charge in [0.2, 0.25) is 0 Å². The van der Waals surface area contributed by atoms with Gasteiger partial charge in [-0.05, 0) is 55.4 Å². The molecule has 0 heterocycles. The summed E-state index contributed by atoms with van der Waals surface area (Å²) in [6.45, 7) is -0.433. The SMILES string of the molecule is COC(=O)c1ccc(NC(=O)COC(=O)[C@H]2[C@H]3CC[C@@H](C3)[C@H]2C(=O)c2ccccc2)cc1. The van der Waals surface area contributed by atoms with Crippen molar-refractivity contribution >= 4 is 29.3 Å². The molecule has 166 valence electrons. The molecular formula is C25H25NO6. The van der Waals surface area contributed by atoms with E-state index < -0.39 is 36.3 Å². The summed E-state index contributed by atoms with van der Waals surface area (Å²) in [6.07, 6.45) is 2.70. The molecule has 2 aliphatic carbocycles. The Hall–Kier alpha value is -3.48. The number of anilines is 1. The minimum atomic E-state index is -0.506. The summed E-state index contributed by atoms with van der Waals surface area (Å²) in [5.41, 5.74) is 1.44. The number of hydrogen-bond donors (Lipinski definition) is 1. The lowest BCUT2D eigenvalue weighted by molar-refractivity contribution is -0.154. The summed E-state index contributed by atoms with van der Waals surface area (Å²) in [7, 11) is 1.29. The first-order valence-corrected chi connectivity index (χ1v) is 10.7. The quantitative estimate of drug-likeness (QED) is 0.528. The molecule has 0 aliphatic heterocycles. The van der Waals surface area contributed by atoms with Gasteiger partial charge < -0.3 is 14.8 Å². The maximum Gasteiger partial charge on any atom is 0.337 e. The number of ketones is 1. The molecule has 7 nitrogen and oxygen atoms in total. The second-order valence-corrected chi connectivity index (χ2v) is 8.34. The zero-order valence-electron chi connectivity index (χ0n) is 17.8. The van der Waals surface area contributed by atoms with E-state index in [4.69, 9.17) is 4.74 Å². The van der Waals surface area contributed by atoms with Crippen molar-refractivity contribution in [3.05, 3.63) is 65.7 Å². The molecule has 1 N–H and O–H groups in total. The normalized spacial score (nSPS) is 23.4. The fourth-order valence-electron chi connectivity index (χ4n) is 5.04. The van der Waals surface area contributed by atoms with E-state index in [0.29, 0.717) is 16.8 Å². The predicted molar refractivity (Wildman–Crippen MR) is 116 cm³/mol. The molecule has 0 radical (unpaired) electrons. The Bertz CT molecular complexity index is 1020. The fourth-order valence-corrected chi connectivity index (χ4v) is 5.04. The number of Topliss-reactive ketones (excluding diaryl/α,β-unsaturated/α-hetero) is 1. The van der Waals surface area contributed by atoms with Crippen molar-refractivity contribution in [2.45, 2.75) is 19.3 Å². The Morgan fingerprint density at radius 1 is 0.875 bits per heavy atom. The first-order valence-electron chi connectivity index (χ1n) is 10.7. The van der Waals surface area contributed by atoms with Crippen LogP contribution in [0, 0.1) is 23.7 Å². The van der Waals surface area contributed by atoms with E-state index in [1.807, 2.05) is 18.2 Å². The average Bonchev–Trinajstić information content (AvgIpc) is 3.44. The van der Waals surface area contributed by atoms with Crippen LogP contribution < -0.4 is 5.32 Å². The van der Waals surface area contributed by atoms with Crippen LogP contribution in [0.2, 0.25) is 0 Å². The third kappa shape index (κ3) is 4.42. The van der Waals surface area contributed by atoms with Gasteiger partial charge in [0.25, 0.3) is 5.91 Å². The Morgan fingerprint density at radius 2 is 1.53 bits per heavy atom. The molecule has 1 amide bonds. The van der Waals surface area contributed by atoms with Crippen molar-refractivity contribution < 1.29 is 28.7 Å². The second-order valence-electron chi connectivity index (χ2n) is 8.34. The minimum absolute atomic E-state index is 0.0186. The second kappa shape index (κ2) is 9.34. The smallest absolute Gasteiger partial charge is 0.337 e. The number of esters is 2. The van der Waals surface area contributed by atoms with Gasteiger partial charge >= 0.3 is 11.9 Å². The van der Waals surface area contributed by atoms with Gasteiger partial charge in [0.05, 0.1) is 18.6 Å². The number of rotatable bonds is 7. The summed E-state index contributed by atoms with van der Waals surface area (Å²) in [5.74, 6) is -2.05. The standard InChI is InChI=1S/C25H25NO6/c1-31-24(29)16-9-11-19(12-10-16)26-20(27)14-32-25(30)22-18-8-7-17(13-18)21(22)23(28)15-5-3-2-4-6-15/h2-6,9-12,17-18,21-22H,7-8,13-14H2,1H3,(H,26,27)/t17-,18-,21+,22-/m0/s1. The number of carbonyl (C=O) groups is 4. The summed E-state index contributed by atoms with van der Waals surface area (Å²) < 4.78 is 9.97. The van der Waals surface area contributed by atoms with Gasteiger partial charge in [-0.2, -0.15) is 0 Å². The van der Waals surface area contributed by atoms with Gasteiger partial charge in [-0.1, -0.05) is 30.3 Å². The molecule has 0 unspecified atom stereocenters. The summed E-state index contributed by atoms with van der Waals surface area (Å²) in [4.78, 5) is 49.7. The Kier molecular flexibility index (Phi) is 6.35. The minimum Gasteiger partial charge on any atom is -0.465 e. The van der Waals surface area contributed by atoms with Crippen molar-refractivity contribution in [1.82, 2.24) is 0 Å². The Balaban J connectivity index is 1.36. The van der Waals surface area contributed by atoms with Gasteiger partial charge in [-0.3, -0.25) is 14.4 Å². The first kappa shape index (κ1) is 21.7. The van der Waals surface area contributed by atoms with E-state index in [-0.39, 0.29) is 17.6 Å². The van der Waals surface area contributed by atoms with Gasteiger partial charge in [0.15, 0.2) is 12.4 Å². The average molecular weight is 435 g/mol. The van der Waals surface area contributed by atoms with Crippen LogP contribution in [0.1, 0.15) is 40.0 Å². The third-order valence-electron chi connectivity index (χ3n) is 6.48. The number of methoxy groups -OCH3 is 1. The molecule has 2 aromatic rings. The van der Waals surface area contributed by atoms with E-state index in [1.165, 1.54) is 19.2 Å². The predicted octanol–water partition coefficient (Wildman–Crippen LogP) is 3.50. The zero-order valence-corrected chi connectivity index (χ0v) is 17.8. The molecule has 0 saturated heterocycles. The lowest BCUT2D eigenvalue weighted by Gasteiger charge is -2.28. The van der Waals surface area contributed by atoms with E-state index in [1.54, 1.807) is 24.3 Å². The maximum atomic E-state index is 13.1. The first-order chi connectivity index (χ1) is 15.5. The molecule has 4 atom stereocenters.